The number of rotatable bonds is 6. The van der Waals surface area contributed by atoms with Crippen molar-refractivity contribution in [1.82, 2.24) is 14.9 Å². The highest BCUT2D eigenvalue weighted by molar-refractivity contribution is 7.08. The minimum Gasteiger partial charge on any atom is -0.321 e. The second-order valence-electron chi connectivity index (χ2n) is 4.48. The first-order chi connectivity index (χ1) is 9.74. The molecule has 2 N–H and O–H groups in total. The van der Waals surface area contributed by atoms with E-state index < -0.39 is 0 Å². The third-order valence-electron chi connectivity index (χ3n) is 2.81. The standard InChI is InChI=1S/C14H18N4OS/c1-3-5-12-13(20-18-17-12)14(19)16-11-7-4-6-10(8-11)9-15-2/h4,6-8,15H,3,5,9H2,1-2H3,(H,16,19). The van der Waals surface area contributed by atoms with Crippen LogP contribution >= 0.6 is 11.5 Å². The molecule has 0 aliphatic heterocycles. The van der Waals surface area contributed by atoms with Gasteiger partial charge in [0.05, 0.1) is 5.69 Å². The van der Waals surface area contributed by atoms with Crippen molar-refractivity contribution in [3.8, 4) is 0 Å². The van der Waals surface area contributed by atoms with E-state index in [1.807, 2.05) is 31.3 Å². The molecule has 0 aliphatic rings. The Balaban J connectivity index is 2.10. The summed E-state index contributed by atoms with van der Waals surface area (Å²) in [7, 11) is 1.89. The fourth-order valence-electron chi connectivity index (χ4n) is 1.93. The number of carbonyl (C=O) groups is 1. The van der Waals surface area contributed by atoms with E-state index in [1.165, 1.54) is 0 Å². The molecule has 1 heterocycles. The monoisotopic (exact) mass is 290 g/mol. The van der Waals surface area contributed by atoms with Gasteiger partial charge in [-0.3, -0.25) is 4.79 Å². The van der Waals surface area contributed by atoms with E-state index in [-0.39, 0.29) is 5.91 Å². The van der Waals surface area contributed by atoms with Crippen LogP contribution in [0.25, 0.3) is 0 Å². The van der Waals surface area contributed by atoms with Crippen LogP contribution in [0.5, 0.6) is 0 Å². The minimum atomic E-state index is -0.134. The molecule has 0 bridgehead atoms. The number of amides is 1. The molecule has 5 nitrogen and oxygen atoms in total. The van der Waals surface area contributed by atoms with Gasteiger partial charge < -0.3 is 10.6 Å². The predicted molar refractivity (Wildman–Crippen MR) is 81.1 cm³/mol. The Morgan fingerprint density at radius 2 is 2.25 bits per heavy atom. The Bertz CT molecular complexity index is 582. The van der Waals surface area contributed by atoms with E-state index in [0.29, 0.717) is 4.88 Å². The molecule has 6 heteroatoms. The van der Waals surface area contributed by atoms with Crippen molar-refractivity contribution in [3.63, 3.8) is 0 Å². The first-order valence-electron chi connectivity index (χ1n) is 6.60. The van der Waals surface area contributed by atoms with Crippen LogP contribution in [0.15, 0.2) is 24.3 Å². The first kappa shape index (κ1) is 14.6. The van der Waals surface area contributed by atoms with Gasteiger partial charge in [0.15, 0.2) is 0 Å². The molecule has 2 aromatic rings. The molecule has 0 saturated heterocycles. The zero-order valence-corrected chi connectivity index (χ0v) is 12.5. The van der Waals surface area contributed by atoms with E-state index in [4.69, 9.17) is 0 Å². The van der Waals surface area contributed by atoms with Gasteiger partial charge in [-0.2, -0.15) is 0 Å². The van der Waals surface area contributed by atoms with Gasteiger partial charge in [-0.15, -0.1) is 5.10 Å². The summed E-state index contributed by atoms with van der Waals surface area (Å²) < 4.78 is 3.87. The average Bonchev–Trinajstić information content (AvgIpc) is 2.88. The first-order valence-corrected chi connectivity index (χ1v) is 7.38. The highest BCUT2D eigenvalue weighted by Gasteiger charge is 2.15. The number of hydrogen-bond donors (Lipinski definition) is 2. The average molecular weight is 290 g/mol. The quantitative estimate of drug-likeness (QED) is 0.857. The summed E-state index contributed by atoms with van der Waals surface area (Å²) >= 11 is 1.15. The fourth-order valence-corrected chi connectivity index (χ4v) is 2.54. The van der Waals surface area contributed by atoms with Crippen molar-refractivity contribution in [1.29, 1.82) is 0 Å². The van der Waals surface area contributed by atoms with Crippen LogP contribution in [0, 0.1) is 0 Å². The van der Waals surface area contributed by atoms with Crippen LogP contribution in [-0.4, -0.2) is 22.5 Å². The molecule has 1 aromatic heterocycles. The lowest BCUT2D eigenvalue weighted by Crippen LogP contribution is -2.13. The summed E-state index contributed by atoms with van der Waals surface area (Å²) in [4.78, 5) is 12.8. The molecule has 1 amide bonds. The van der Waals surface area contributed by atoms with Gasteiger partial charge in [0.1, 0.15) is 4.88 Å². The molecule has 0 spiro atoms. The number of aryl methyl sites for hydroxylation is 1. The molecule has 0 fully saturated rings. The Morgan fingerprint density at radius 3 is 3.00 bits per heavy atom. The molecule has 1 aromatic carbocycles. The highest BCUT2D eigenvalue weighted by Crippen LogP contribution is 2.16. The number of nitrogens with zero attached hydrogens (tertiary/aromatic N) is 2. The maximum absolute atomic E-state index is 12.2. The van der Waals surface area contributed by atoms with Crippen LogP contribution in [0.2, 0.25) is 0 Å². The summed E-state index contributed by atoms with van der Waals surface area (Å²) in [5, 5.41) is 10.0. The summed E-state index contributed by atoms with van der Waals surface area (Å²) in [6.07, 6.45) is 1.72. The Hall–Kier alpha value is -1.79. The molecular weight excluding hydrogens is 272 g/mol. The summed E-state index contributed by atoms with van der Waals surface area (Å²) in [5.74, 6) is -0.134. The van der Waals surface area contributed by atoms with Crippen molar-refractivity contribution in [3.05, 3.63) is 40.4 Å². The second-order valence-corrected chi connectivity index (χ2v) is 5.24. The Labute approximate surface area is 122 Å². The third-order valence-corrected chi connectivity index (χ3v) is 3.58. The maximum Gasteiger partial charge on any atom is 0.269 e. The molecule has 0 radical (unpaired) electrons. The van der Waals surface area contributed by atoms with Crippen LogP contribution in [0.4, 0.5) is 5.69 Å². The van der Waals surface area contributed by atoms with Crippen LogP contribution in [0.3, 0.4) is 0 Å². The number of benzene rings is 1. The lowest BCUT2D eigenvalue weighted by molar-refractivity contribution is 0.102. The van der Waals surface area contributed by atoms with Gasteiger partial charge in [0.2, 0.25) is 0 Å². The number of aromatic nitrogens is 2. The molecular formula is C14H18N4OS. The third kappa shape index (κ3) is 3.61. The zero-order valence-electron chi connectivity index (χ0n) is 11.6. The van der Waals surface area contributed by atoms with Crippen LogP contribution < -0.4 is 10.6 Å². The van der Waals surface area contributed by atoms with E-state index in [1.54, 1.807) is 0 Å². The fraction of sp³-hybridized carbons (Fsp3) is 0.357. The van der Waals surface area contributed by atoms with E-state index in [0.717, 1.165) is 47.9 Å². The second kappa shape index (κ2) is 7.12. The Kier molecular flexibility index (Phi) is 5.20. The van der Waals surface area contributed by atoms with Crippen molar-refractivity contribution in [2.45, 2.75) is 26.3 Å². The van der Waals surface area contributed by atoms with Gasteiger partial charge in [-0.1, -0.05) is 30.0 Å². The Morgan fingerprint density at radius 1 is 1.40 bits per heavy atom. The normalized spacial score (nSPS) is 10.5. The molecule has 0 saturated carbocycles. The summed E-state index contributed by atoms with van der Waals surface area (Å²) in [6, 6.07) is 7.79. The maximum atomic E-state index is 12.2. The lowest BCUT2D eigenvalue weighted by Gasteiger charge is -2.06. The molecule has 0 unspecified atom stereocenters. The number of carbonyl (C=O) groups excluding carboxylic acids is 1. The SMILES string of the molecule is CCCc1nnsc1C(=O)Nc1cccc(CNC)c1. The number of anilines is 1. The topological polar surface area (TPSA) is 66.9 Å². The molecule has 0 atom stereocenters. The van der Waals surface area contributed by atoms with Gasteiger partial charge in [0.25, 0.3) is 5.91 Å². The van der Waals surface area contributed by atoms with Gasteiger partial charge in [-0.25, -0.2) is 0 Å². The van der Waals surface area contributed by atoms with Crippen LogP contribution in [0.1, 0.15) is 34.3 Å². The van der Waals surface area contributed by atoms with E-state index in [9.17, 15) is 4.79 Å². The van der Waals surface area contributed by atoms with Gasteiger partial charge >= 0.3 is 0 Å². The lowest BCUT2D eigenvalue weighted by atomic mass is 10.2. The minimum absolute atomic E-state index is 0.134. The van der Waals surface area contributed by atoms with E-state index in [2.05, 4.69) is 27.1 Å². The van der Waals surface area contributed by atoms with Crippen molar-refractivity contribution >= 4 is 23.1 Å². The van der Waals surface area contributed by atoms with Crippen molar-refractivity contribution in [2.75, 3.05) is 12.4 Å². The zero-order chi connectivity index (χ0) is 14.4. The predicted octanol–water partition coefficient (Wildman–Crippen LogP) is 2.46. The molecule has 2 rings (SSSR count). The van der Waals surface area contributed by atoms with Gasteiger partial charge in [0, 0.05) is 12.2 Å². The summed E-state index contributed by atoms with van der Waals surface area (Å²) in [5.41, 5.74) is 2.70. The largest absolute Gasteiger partial charge is 0.321 e. The highest BCUT2D eigenvalue weighted by atomic mass is 32.1. The summed E-state index contributed by atoms with van der Waals surface area (Å²) in [6.45, 7) is 2.83. The number of hydrogen-bond acceptors (Lipinski definition) is 5. The molecule has 0 aliphatic carbocycles. The van der Waals surface area contributed by atoms with E-state index >= 15 is 0 Å². The molecule has 20 heavy (non-hydrogen) atoms. The number of nitrogens with one attached hydrogen (secondary N) is 2. The smallest absolute Gasteiger partial charge is 0.269 e. The van der Waals surface area contributed by atoms with Crippen molar-refractivity contribution in [2.24, 2.45) is 0 Å². The van der Waals surface area contributed by atoms with Crippen LogP contribution in [-0.2, 0) is 13.0 Å². The molecule has 106 valence electrons. The van der Waals surface area contributed by atoms with Crippen molar-refractivity contribution < 1.29 is 4.79 Å². The van der Waals surface area contributed by atoms with Gasteiger partial charge in [-0.05, 0) is 42.7 Å².